The predicted octanol–water partition coefficient (Wildman–Crippen LogP) is 8.19. The van der Waals surface area contributed by atoms with E-state index in [4.69, 9.17) is 23.2 Å². The highest BCUT2D eigenvalue weighted by atomic mass is 35.5. The summed E-state index contributed by atoms with van der Waals surface area (Å²) in [6, 6.07) is 22.7. The number of Topliss-reactive ketones (excluding diaryl/α,β-unsaturated/α-hetero) is 2. The number of likely N-dealkylation sites (tertiary alicyclic amines) is 1. The molecule has 3 aromatic heterocycles. The van der Waals surface area contributed by atoms with Crippen molar-refractivity contribution in [2.24, 2.45) is 0 Å². The summed E-state index contributed by atoms with van der Waals surface area (Å²) in [5, 5.41) is 4.55. The van der Waals surface area contributed by atoms with Crippen molar-refractivity contribution in [2.45, 2.75) is 44.9 Å². The van der Waals surface area contributed by atoms with Crippen molar-refractivity contribution in [3.05, 3.63) is 169 Å². The van der Waals surface area contributed by atoms with E-state index in [9.17, 15) is 14.4 Å². The van der Waals surface area contributed by atoms with Crippen LogP contribution in [0.1, 0.15) is 85.6 Å². The molecule has 5 heterocycles. The first kappa shape index (κ1) is 36.7. The Hall–Kier alpha value is -5.28. The van der Waals surface area contributed by atoms with Crippen LogP contribution in [-0.2, 0) is 24.1 Å². The van der Waals surface area contributed by atoms with Gasteiger partial charge in [0.05, 0.1) is 17.8 Å². The van der Waals surface area contributed by atoms with Gasteiger partial charge in [0.1, 0.15) is 0 Å². The zero-order chi connectivity index (χ0) is 37.9. The summed E-state index contributed by atoms with van der Waals surface area (Å²) in [4.78, 5) is 53.8. The highest BCUT2D eigenvalue weighted by Crippen LogP contribution is 2.40. The third-order valence-corrected chi connectivity index (χ3v) is 11.3. The van der Waals surface area contributed by atoms with Crippen molar-refractivity contribution >= 4 is 51.8 Å². The van der Waals surface area contributed by atoms with Gasteiger partial charge in [-0.15, -0.1) is 0 Å². The van der Waals surface area contributed by atoms with E-state index in [1.54, 1.807) is 30.7 Å². The standard InChI is InChI=1S/C26H22ClN3O2.C19H17ClN2O/c27-20-3-4-21-22(16-20)23(31)15-19-2-1-9-29-26(19)25(21)18-7-12-30(13-8-18)24(32)14-17-5-10-28-11-6-17;20-14-3-4-15-16(11-14)17(23)10-13-2-1-7-22-19(13)18(15)12-5-8-21-9-6-12/h1-6,9-11,16H,7-8,12-15H2;1-4,7,11,21H,5-6,8-10H2. The van der Waals surface area contributed by atoms with Gasteiger partial charge in [-0.1, -0.05) is 58.6 Å². The van der Waals surface area contributed by atoms with Crippen molar-refractivity contribution in [1.82, 2.24) is 25.2 Å². The Bertz CT molecular complexity index is 2370. The number of benzene rings is 2. The SMILES string of the molecule is O=C1Cc2cccnc2C(=C2CCN(C(=O)Cc3ccncc3)CC2)c2ccc(Cl)cc21.O=C1Cc2cccnc2C(=C2CCNCC2)c2ccc(Cl)cc21. The lowest BCUT2D eigenvalue weighted by Crippen LogP contribution is -2.37. The Balaban J connectivity index is 0.000000164. The van der Waals surface area contributed by atoms with Crippen LogP contribution in [0.25, 0.3) is 11.1 Å². The van der Waals surface area contributed by atoms with E-state index < -0.39 is 0 Å². The van der Waals surface area contributed by atoms with Gasteiger partial charge in [0, 0.05) is 83.0 Å². The third kappa shape index (κ3) is 7.81. The maximum absolute atomic E-state index is 13.0. The fourth-order valence-electron chi connectivity index (χ4n) is 8.09. The highest BCUT2D eigenvalue weighted by molar-refractivity contribution is 6.31. The van der Waals surface area contributed by atoms with Crippen molar-refractivity contribution in [1.29, 1.82) is 0 Å². The molecule has 0 atom stereocenters. The van der Waals surface area contributed by atoms with Crippen LogP contribution in [0.3, 0.4) is 0 Å². The summed E-state index contributed by atoms with van der Waals surface area (Å²) in [6.45, 7) is 3.25. The van der Waals surface area contributed by atoms with Gasteiger partial charge < -0.3 is 10.2 Å². The van der Waals surface area contributed by atoms with Gasteiger partial charge in [-0.3, -0.25) is 29.3 Å². The normalized spacial score (nSPS) is 16.5. The van der Waals surface area contributed by atoms with E-state index in [1.807, 2.05) is 71.8 Å². The van der Waals surface area contributed by atoms with E-state index in [0.717, 1.165) is 94.7 Å². The van der Waals surface area contributed by atoms with Crippen molar-refractivity contribution in [2.75, 3.05) is 26.2 Å². The molecule has 0 saturated carbocycles. The number of aromatic nitrogens is 3. The smallest absolute Gasteiger partial charge is 0.227 e. The number of pyridine rings is 3. The number of fused-ring (bicyclic) bond motifs is 4. The first-order valence-electron chi connectivity index (χ1n) is 18.7. The maximum atomic E-state index is 13.0. The van der Waals surface area contributed by atoms with Crippen LogP contribution in [-0.4, -0.2) is 63.5 Å². The number of hydrogen-bond donors (Lipinski definition) is 1. The molecule has 9 rings (SSSR count). The summed E-state index contributed by atoms with van der Waals surface area (Å²) in [5.41, 5.74) is 12.8. The van der Waals surface area contributed by atoms with E-state index >= 15 is 0 Å². The number of halogens is 2. The maximum Gasteiger partial charge on any atom is 0.227 e. The summed E-state index contributed by atoms with van der Waals surface area (Å²) in [7, 11) is 0. The Morgan fingerprint density at radius 2 is 1.15 bits per heavy atom. The predicted molar refractivity (Wildman–Crippen MR) is 215 cm³/mol. The summed E-state index contributed by atoms with van der Waals surface area (Å²) < 4.78 is 0. The fourth-order valence-corrected chi connectivity index (χ4v) is 8.44. The molecule has 2 aromatic carbocycles. The van der Waals surface area contributed by atoms with Gasteiger partial charge in [0.15, 0.2) is 11.6 Å². The van der Waals surface area contributed by atoms with Gasteiger partial charge >= 0.3 is 0 Å². The molecule has 8 nitrogen and oxygen atoms in total. The molecule has 2 fully saturated rings. The Morgan fingerprint density at radius 1 is 0.636 bits per heavy atom. The van der Waals surface area contributed by atoms with Crippen LogP contribution in [0.15, 0.2) is 109 Å². The molecule has 0 unspecified atom stereocenters. The molecule has 1 amide bonds. The molecule has 0 spiro atoms. The Labute approximate surface area is 330 Å². The highest BCUT2D eigenvalue weighted by Gasteiger charge is 2.30. The quantitative estimate of drug-likeness (QED) is 0.193. The molecule has 0 radical (unpaired) electrons. The second-order valence-corrected chi connectivity index (χ2v) is 15.1. The monoisotopic (exact) mass is 767 g/mol. The fraction of sp³-hybridized carbons (Fsp3) is 0.244. The number of rotatable bonds is 2. The molecule has 0 bridgehead atoms. The molecule has 10 heteroatoms. The van der Waals surface area contributed by atoms with Crippen molar-refractivity contribution < 1.29 is 14.4 Å². The number of ketones is 2. The number of hydrogen-bond acceptors (Lipinski definition) is 7. The van der Waals surface area contributed by atoms with Crippen LogP contribution in [0, 0.1) is 0 Å². The van der Waals surface area contributed by atoms with E-state index in [0.29, 0.717) is 48.0 Å². The van der Waals surface area contributed by atoms with Gasteiger partial charge in [0.2, 0.25) is 5.91 Å². The van der Waals surface area contributed by atoms with Crippen LogP contribution in [0.4, 0.5) is 0 Å². The lowest BCUT2D eigenvalue weighted by Gasteiger charge is -2.30. The van der Waals surface area contributed by atoms with Gasteiger partial charge in [-0.05, 0) is 115 Å². The van der Waals surface area contributed by atoms with Gasteiger partial charge in [-0.2, -0.15) is 0 Å². The number of carbonyl (C=O) groups excluding carboxylic acids is 3. The molecular weight excluding hydrogens is 729 g/mol. The van der Waals surface area contributed by atoms with Crippen molar-refractivity contribution in [3.8, 4) is 0 Å². The van der Waals surface area contributed by atoms with Crippen LogP contribution < -0.4 is 5.32 Å². The number of carbonyl (C=O) groups is 3. The lowest BCUT2D eigenvalue weighted by molar-refractivity contribution is -0.130. The summed E-state index contributed by atoms with van der Waals surface area (Å²) in [5.74, 6) is 0.292. The first-order chi connectivity index (χ1) is 26.8. The molecule has 5 aromatic rings. The molecule has 1 N–H and O–H groups in total. The lowest BCUT2D eigenvalue weighted by atomic mass is 9.88. The molecule has 2 aliphatic heterocycles. The molecule has 4 aliphatic rings. The van der Waals surface area contributed by atoms with Gasteiger partial charge in [-0.25, -0.2) is 0 Å². The molecule has 2 aliphatic carbocycles. The van der Waals surface area contributed by atoms with E-state index in [1.165, 1.54) is 11.1 Å². The zero-order valence-corrected chi connectivity index (χ0v) is 31.8. The second kappa shape index (κ2) is 16.2. The topological polar surface area (TPSA) is 105 Å². The average molecular weight is 769 g/mol. The van der Waals surface area contributed by atoms with Crippen LogP contribution >= 0.6 is 23.2 Å². The van der Waals surface area contributed by atoms with Crippen LogP contribution in [0.5, 0.6) is 0 Å². The van der Waals surface area contributed by atoms with Gasteiger partial charge in [0.25, 0.3) is 0 Å². The Morgan fingerprint density at radius 3 is 1.67 bits per heavy atom. The summed E-state index contributed by atoms with van der Waals surface area (Å²) in [6.07, 6.45) is 11.6. The number of nitrogens with zero attached hydrogens (tertiary/aromatic N) is 4. The third-order valence-electron chi connectivity index (χ3n) is 10.8. The minimum Gasteiger partial charge on any atom is -0.342 e. The summed E-state index contributed by atoms with van der Waals surface area (Å²) >= 11 is 12.4. The minimum atomic E-state index is 0.0531. The van der Waals surface area contributed by atoms with E-state index in [2.05, 4.69) is 20.3 Å². The molecule has 2 saturated heterocycles. The average Bonchev–Trinajstić information content (AvgIpc) is 3.41. The second-order valence-electron chi connectivity index (χ2n) is 14.2. The molecule has 276 valence electrons. The first-order valence-corrected chi connectivity index (χ1v) is 19.5. The van der Waals surface area contributed by atoms with Crippen molar-refractivity contribution in [3.63, 3.8) is 0 Å². The number of piperidine rings is 2. The molecular formula is C45H39Cl2N5O3. The van der Waals surface area contributed by atoms with E-state index in [-0.39, 0.29) is 17.5 Å². The largest absolute Gasteiger partial charge is 0.342 e. The molecule has 55 heavy (non-hydrogen) atoms. The minimum absolute atomic E-state index is 0.0531. The number of amides is 1. The Kier molecular flexibility index (Phi) is 10.8. The zero-order valence-electron chi connectivity index (χ0n) is 30.3. The van der Waals surface area contributed by atoms with Crippen LogP contribution in [0.2, 0.25) is 10.0 Å². The number of nitrogens with one attached hydrogen (secondary N) is 1.